The largest absolute Gasteiger partial charge is 0.345 e. The Balaban J connectivity index is 1.88. The number of para-hydroxylation sites is 2. The monoisotopic (exact) mass is 366 g/mol. The zero-order chi connectivity index (χ0) is 19.6. The molecular formula is C22H30N4O. The summed E-state index contributed by atoms with van der Waals surface area (Å²) in [5.74, 6) is 1.36. The lowest BCUT2D eigenvalue weighted by Crippen LogP contribution is -2.35. The Kier molecular flexibility index (Phi) is 5.68. The number of carbonyl (C=O) groups is 1. The van der Waals surface area contributed by atoms with E-state index in [0.717, 1.165) is 23.3 Å². The number of rotatable bonds is 7. The summed E-state index contributed by atoms with van der Waals surface area (Å²) in [5.41, 5.74) is 2.07. The predicted molar refractivity (Wildman–Crippen MR) is 110 cm³/mol. The highest BCUT2D eigenvalue weighted by molar-refractivity contribution is 5.81. The number of nitrogens with zero attached hydrogens (tertiary/aromatic N) is 3. The maximum absolute atomic E-state index is 13.1. The number of nitrogens with one attached hydrogen (secondary N) is 1. The molecule has 0 bridgehead atoms. The number of hydrogen-bond donors (Lipinski definition) is 1. The molecule has 1 N–H and O–H groups in total. The maximum Gasteiger partial charge on any atom is 0.243 e. The molecule has 1 aromatic carbocycles. The Labute approximate surface area is 161 Å². The molecule has 0 aliphatic carbocycles. The van der Waals surface area contributed by atoms with Crippen LogP contribution in [0.5, 0.6) is 0 Å². The molecule has 2 heterocycles. The van der Waals surface area contributed by atoms with Crippen molar-refractivity contribution in [1.82, 2.24) is 19.4 Å². The van der Waals surface area contributed by atoms with Crippen LogP contribution in [0.2, 0.25) is 0 Å². The van der Waals surface area contributed by atoms with Gasteiger partial charge in [0, 0.05) is 18.4 Å². The second kappa shape index (κ2) is 7.99. The minimum absolute atomic E-state index is 0.0368. The number of fused-ring (bicyclic) bond motifs is 1. The highest BCUT2D eigenvalue weighted by atomic mass is 16.2. The van der Waals surface area contributed by atoms with E-state index in [9.17, 15) is 4.79 Å². The summed E-state index contributed by atoms with van der Waals surface area (Å²) in [6, 6.07) is 11.9. The number of benzene rings is 1. The van der Waals surface area contributed by atoms with E-state index in [2.05, 4.69) is 43.6 Å². The molecule has 0 spiro atoms. The van der Waals surface area contributed by atoms with Crippen molar-refractivity contribution in [3.63, 3.8) is 0 Å². The summed E-state index contributed by atoms with van der Waals surface area (Å²) in [6.07, 6.45) is 4.72. The fourth-order valence-electron chi connectivity index (χ4n) is 3.65. The lowest BCUT2D eigenvalue weighted by molar-refractivity contribution is -0.125. The van der Waals surface area contributed by atoms with Gasteiger partial charge in [-0.25, -0.2) is 4.98 Å². The minimum Gasteiger partial charge on any atom is -0.345 e. The van der Waals surface area contributed by atoms with Gasteiger partial charge < -0.3 is 14.5 Å². The average Bonchev–Trinajstić information content (AvgIpc) is 3.26. The first kappa shape index (κ1) is 19.2. The molecule has 5 nitrogen and oxygen atoms in total. The Bertz CT molecular complexity index is 892. The van der Waals surface area contributed by atoms with Crippen LogP contribution in [0.25, 0.3) is 11.0 Å². The van der Waals surface area contributed by atoms with Gasteiger partial charge in [-0.2, -0.15) is 0 Å². The molecule has 0 aliphatic rings. The first-order valence-electron chi connectivity index (χ1n) is 9.78. The van der Waals surface area contributed by atoms with Gasteiger partial charge in [-0.15, -0.1) is 0 Å². The standard InChI is InChI=1S/C22H30N4O/c1-15(2)14-20(25-12-8-9-13-25)22(27)23-17(5)21-24-18-10-6-7-11-19(18)26(21)16(3)4/h6-13,15-17,20H,14H2,1-5H3,(H,23,27)/t17-,20-/m0/s1. The van der Waals surface area contributed by atoms with Crippen LogP contribution in [0, 0.1) is 5.92 Å². The zero-order valence-corrected chi connectivity index (χ0v) is 16.9. The molecule has 0 aliphatic heterocycles. The van der Waals surface area contributed by atoms with E-state index in [-0.39, 0.29) is 24.0 Å². The number of aromatic nitrogens is 3. The van der Waals surface area contributed by atoms with Gasteiger partial charge in [0.05, 0.1) is 17.1 Å². The van der Waals surface area contributed by atoms with Gasteiger partial charge in [0.2, 0.25) is 5.91 Å². The first-order valence-corrected chi connectivity index (χ1v) is 9.78. The Hall–Kier alpha value is -2.56. The normalized spacial score (nSPS) is 14.0. The number of carbonyl (C=O) groups excluding carboxylic acids is 1. The van der Waals surface area contributed by atoms with E-state index < -0.39 is 0 Å². The van der Waals surface area contributed by atoms with Crippen molar-refractivity contribution >= 4 is 16.9 Å². The van der Waals surface area contributed by atoms with Crippen molar-refractivity contribution in [3.05, 3.63) is 54.6 Å². The summed E-state index contributed by atoms with van der Waals surface area (Å²) in [6.45, 7) is 10.6. The molecule has 0 saturated carbocycles. The molecule has 5 heteroatoms. The van der Waals surface area contributed by atoms with Gasteiger partial charge in [-0.1, -0.05) is 26.0 Å². The zero-order valence-electron chi connectivity index (χ0n) is 16.9. The fourth-order valence-corrected chi connectivity index (χ4v) is 3.65. The van der Waals surface area contributed by atoms with Gasteiger partial charge in [-0.05, 0) is 57.4 Å². The third-order valence-electron chi connectivity index (χ3n) is 4.87. The number of hydrogen-bond acceptors (Lipinski definition) is 2. The predicted octanol–water partition coefficient (Wildman–Crippen LogP) is 4.88. The van der Waals surface area contributed by atoms with Crippen molar-refractivity contribution in [1.29, 1.82) is 0 Å². The molecule has 0 fully saturated rings. The molecule has 27 heavy (non-hydrogen) atoms. The molecular weight excluding hydrogens is 336 g/mol. The lowest BCUT2D eigenvalue weighted by Gasteiger charge is -2.24. The Morgan fingerprint density at radius 1 is 1.04 bits per heavy atom. The third kappa shape index (κ3) is 4.07. The van der Waals surface area contributed by atoms with Gasteiger partial charge >= 0.3 is 0 Å². The highest BCUT2D eigenvalue weighted by Crippen LogP contribution is 2.26. The molecule has 2 aromatic heterocycles. The average molecular weight is 367 g/mol. The third-order valence-corrected chi connectivity index (χ3v) is 4.87. The lowest BCUT2D eigenvalue weighted by atomic mass is 10.0. The summed E-state index contributed by atoms with van der Waals surface area (Å²) in [7, 11) is 0. The molecule has 0 saturated heterocycles. The summed E-state index contributed by atoms with van der Waals surface area (Å²) in [4.78, 5) is 17.9. The molecule has 1 amide bonds. The molecule has 0 radical (unpaired) electrons. The minimum atomic E-state index is -0.209. The van der Waals surface area contributed by atoms with Crippen LogP contribution in [0.1, 0.15) is 65.0 Å². The summed E-state index contributed by atoms with van der Waals surface area (Å²) in [5, 5.41) is 3.20. The van der Waals surface area contributed by atoms with Crippen molar-refractivity contribution in [3.8, 4) is 0 Å². The van der Waals surface area contributed by atoms with Crippen molar-refractivity contribution in [2.75, 3.05) is 0 Å². The summed E-state index contributed by atoms with van der Waals surface area (Å²) >= 11 is 0. The molecule has 3 rings (SSSR count). The van der Waals surface area contributed by atoms with Crippen LogP contribution >= 0.6 is 0 Å². The quantitative estimate of drug-likeness (QED) is 0.648. The smallest absolute Gasteiger partial charge is 0.243 e. The van der Waals surface area contributed by atoms with Crippen LogP contribution in [0.4, 0.5) is 0 Å². The molecule has 3 aromatic rings. The van der Waals surface area contributed by atoms with E-state index >= 15 is 0 Å². The molecule has 2 atom stereocenters. The van der Waals surface area contributed by atoms with Gasteiger partial charge in [0.1, 0.15) is 11.9 Å². The molecule has 144 valence electrons. The Morgan fingerprint density at radius 3 is 2.33 bits per heavy atom. The van der Waals surface area contributed by atoms with Crippen LogP contribution in [-0.4, -0.2) is 20.0 Å². The van der Waals surface area contributed by atoms with Crippen LogP contribution < -0.4 is 5.32 Å². The van der Waals surface area contributed by atoms with Crippen molar-refractivity contribution in [2.45, 2.75) is 59.2 Å². The topological polar surface area (TPSA) is 51.9 Å². The van der Waals surface area contributed by atoms with E-state index in [1.807, 2.05) is 54.2 Å². The van der Waals surface area contributed by atoms with E-state index in [0.29, 0.717) is 5.92 Å². The van der Waals surface area contributed by atoms with E-state index in [4.69, 9.17) is 4.98 Å². The fraction of sp³-hybridized carbons (Fsp3) is 0.455. The second-order valence-corrected chi connectivity index (χ2v) is 7.93. The van der Waals surface area contributed by atoms with Crippen LogP contribution in [-0.2, 0) is 4.79 Å². The van der Waals surface area contributed by atoms with Crippen LogP contribution in [0.3, 0.4) is 0 Å². The van der Waals surface area contributed by atoms with E-state index in [1.165, 1.54) is 0 Å². The van der Waals surface area contributed by atoms with Crippen LogP contribution in [0.15, 0.2) is 48.8 Å². The highest BCUT2D eigenvalue weighted by Gasteiger charge is 2.25. The molecule has 0 unspecified atom stereocenters. The van der Waals surface area contributed by atoms with Crippen molar-refractivity contribution in [2.24, 2.45) is 5.92 Å². The van der Waals surface area contributed by atoms with Gasteiger partial charge in [0.15, 0.2) is 0 Å². The maximum atomic E-state index is 13.1. The number of amides is 1. The van der Waals surface area contributed by atoms with E-state index in [1.54, 1.807) is 0 Å². The first-order chi connectivity index (χ1) is 12.9. The van der Waals surface area contributed by atoms with Crippen molar-refractivity contribution < 1.29 is 4.79 Å². The number of imidazole rings is 1. The Morgan fingerprint density at radius 2 is 1.70 bits per heavy atom. The van der Waals surface area contributed by atoms with Gasteiger partial charge in [0.25, 0.3) is 0 Å². The SMILES string of the molecule is CC(C)C[C@@H](C(=O)N[C@@H](C)c1nc2ccccc2n1C(C)C)n1cccc1. The summed E-state index contributed by atoms with van der Waals surface area (Å²) < 4.78 is 4.21. The second-order valence-electron chi connectivity index (χ2n) is 7.93. The van der Waals surface area contributed by atoms with Gasteiger partial charge in [-0.3, -0.25) is 4.79 Å².